The number of aryl methyl sites for hydroxylation is 1. The lowest BCUT2D eigenvalue weighted by Crippen LogP contribution is -2.07. The zero-order chi connectivity index (χ0) is 9.10. The van der Waals surface area contributed by atoms with E-state index in [-0.39, 0.29) is 0 Å². The van der Waals surface area contributed by atoms with Crippen LogP contribution < -0.4 is 0 Å². The lowest BCUT2D eigenvalue weighted by atomic mass is 10.1. The lowest BCUT2D eigenvalue weighted by molar-refractivity contribution is 0.161. The van der Waals surface area contributed by atoms with Crippen molar-refractivity contribution < 1.29 is 4.74 Å². The Morgan fingerprint density at radius 3 is 3.00 bits per heavy atom. The molecule has 0 fully saturated rings. The van der Waals surface area contributed by atoms with Crippen molar-refractivity contribution in [2.75, 3.05) is 13.2 Å². The molecular weight excluding hydrogens is 166 g/mol. The van der Waals surface area contributed by atoms with E-state index in [0.29, 0.717) is 6.61 Å². The van der Waals surface area contributed by atoms with Crippen LogP contribution in [0.2, 0.25) is 0 Å². The molecule has 0 bridgehead atoms. The molecule has 2 heterocycles. The molecule has 13 heavy (non-hydrogen) atoms. The first-order valence-corrected chi connectivity index (χ1v) is 4.29. The van der Waals surface area contributed by atoms with Gasteiger partial charge < -0.3 is 4.74 Å². The van der Waals surface area contributed by atoms with Gasteiger partial charge >= 0.3 is 0 Å². The molecule has 1 aliphatic heterocycles. The van der Waals surface area contributed by atoms with Crippen molar-refractivity contribution in [3.63, 3.8) is 0 Å². The molecule has 2 rings (SSSR count). The second-order valence-electron chi connectivity index (χ2n) is 2.91. The molecule has 4 heteroatoms. The van der Waals surface area contributed by atoms with Gasteiger partial charge in [-0.25, -0.2) is 15.0 Å². The summed E-state index contributed by atoms with van der Waals surface area (Å²) < 4.78 is 5.20. The third-order valence-electron chi connectivity index (χ3n) is 1.94. The monoisotopic (exact) mass is 177 g/mol. The van der Waals surface area contributed by atoms with Crippen LogP contribution in [0.3, 0.4) is 0 Å². The molecule has 0 amide bonds. The summed E-state index contributed by atoms with van der Waals surface area (Å²) in [7, 11) is 0. The number of rotatable bonds is 1. The van der Waals surface area contributed by atoms with Gasteiger partial charge in [-0.2, -0.15) is 0 Å². The normalized spacial score (nSPS) is 16.8. The minimum absolute atomic E-state index is 0.667. The number of nitrogens with zero attached hydrogens (tertiary/aromatic N) is 3. The molecular formula is C9H11N3O. The summed E-state index contributed by atoms with van der Waals surface area (Å²) in [6.07, 6.45) is 4.47. The summed E-state index contributed by atoms with van der Waals surface area (Å²) in [6.45, 7) is 3.29. The molecule has 0 saturated carbocycles. The van der Waals surface area contributed by atoms with Gasteiger partial charge in [0.1, 0.15) is 12.2 Å². The fraction of sp³-hybridized carbons (Fsp3) is 0.444. The van der Waals surface area contributed by atoms with Crippen LogP contribution in [0.15, 0.2) is 12.4 Å². The van der Waals surface area contributed by atoms with Gasteiger partial charge in [-0.05, 0) is 18.9 Å². The van der Waals surface area contributed by atoms with Crippen molar-refractivity contribution in [1.29, 1.82) is 0 Å². The maximum Gasteiger partial charge on any atom is 0.158 e. The van der Waals surface area contributed by atoms with E-state index in [1.54, 1.807) is 6.33 Å². The average Bonchev–Trinajstić information content (AvgIpc) is 2.19. The molecule has 68 valence electrons. The van der Waals surface area contributed by atoms with Gasteiger partial charge in [0.2, 0.25) is 0 Å². The van der Waals surface area contributed by atoms with Crippen LogP contribution in [0.5, 0.6) is 0 Å². The van der Waals surface area contributed by atoms with E-state index in [1.807, 2.05) is 13.0 Å². The Morgan fingerprint density at radius 2 is 2.31 bits per heavy atom. The molecule has 0 atom stereocenters. The Kier molecular flexibility index (Phi) is 2.31. The lowest BCUT2D eigenvalue weighted by Gasteiger charge is -2.11. The van der Waals surface area contributed by atoms with Crippen molar-refractivity contribution in [3.8, 4) is 0 Å². The van der Waals surface area contributed by atoms with Crippen LogP contribution in [-0.2, 0) is 4.74 Å². The highest BCUT2D eigenvalue weighted by Gasteiger charge is 2.08. The Bertz CT molecular complexity index is 335. The van der Waals surface area contributed by atoms with E-state index in [0.717, 1.165) is 30.2 Å². The van der Waals surface area contributed by atoms with Gasteiger partial charge in [0.05, 0.1) is 13.2 Å². The van der Waals surface area contributed by atoms with Crippen molar-refractivity contribution in [3.05, 3.63) is 24.1 Å². The van der Waals surface area contributed by atoms with Gasteiger partial charge in [0, 0.05) is 0 Å². The SMILES string of the molecule is Cc1ncnc(C2=CCOCC2)n1. The summed E-state index contributed by atoms with van der Waals surface area (Å²) in [5.41, 5.74) is 1.16. The first-order chi connectivity index (χ1) is 6.36. The third kappa shape index (κ3) is 1.89. The number of hydrogen-bond donors (Lipinski definition) is 0. The quantitative estimate of drug-likeness (QED) is 0.641. The highest BCUT2D eigenvalue weighted by Crippen LogP contribution is 2.16. The van der Waals surface area contributed by atoms with Crippen molar-refractivity contribution in [2.24, 2.45) is 0 Å². The Balaban J connectivity index is 2.29. The van der Waals surface area contributed by atoms with E-state index < -0.39 is 0 Å². The zero-order valence-electron chi connectivity index (χ0n) is 7.53. The first kappa shape index (κ1) is 8.31. The molecule has 1 aliphatic rings. The highest BCUT2D eigenvalue weighted by molar-refractivity contribution is 5.60. The van der Waals surface area contributed by atoms with E-state index in [9.17, 15) is 0 Å². The summed E-state index contributed by atoms with van der Waals surface area (Å²) in [4.78, 5) is 12.3. The second-order valence-corrected chi connectivity index (χ2v) is 2.91. The molecule has 0 saturated heterocycles. The van der Waals surface area contributed by atoms with E-state index >= 15 is 0 Å². The molecule has 0 aromatic carbocycles. The molecule has 1 aromatic rings. The van der Waals surface area contributed by atoms with Crippen LogP contribution in [0.4, 0.5) is 0 Å². The van der Waals surface area contributed by atoms with Crippen molar-refractivity contribution >= 4 is 5.57 Å². The van der Waals surface area contributed by atoms with Crippen molar-refractivity contribution in [1.82, 2.24) is 15.0 Å². The standard InChI is InChI=1S/C9H11N3O/c1-7-10-6-11-9(12-7)8-2-4-13-5-3-8/h2,6H,3-5H2,1H3. The van der Waals surface area contributed by atoms with Crippen LogP contribution in [0.25, 0.3) is 5.57 Å². The Hall–Kier alpha value is -1.29. The van der Waals surface area contributed by atoms with Crippen LogP contribution in [0.1, 0.15) is 18.1 Å². The van der Waals surface area contributed by atoms with E-state index in [2.05, 4.69) is 15.0 Å². The number of aromatic nitrogens is 3. The first-order valence-electron chi connectivity index (χ1n) is 4.29. The van der Waals surface area contributed by atoms with Crippen molar-refractivity contribution in [2.45, 2.75) is 13.3 Å². The Morgan fingerprint density at radius 1 is 1.38 bits per heavy atom. The zero-order valence-corrected chi connectivity index (χ0v) is 7.53. The van der Waals surface area contributed by atoms with Crippen LogP contribution in [0, 0.1) is 6.92 Å². The van der Waals surface area contributed by atoms with Gasteiger partial charge in [-0.15, -0.1) is 0 Å². The van der Waals surface area contributed by atoms with Crippen LogP contribution >= 0.6 is 0 Å². The molecule has 0 radical (unpaired) electrons. The van der Waals surface area contributed by atoms with Gasteiger partial charge in [-0.3, -0.25) is 0 Å². The average molecular weight is 177 g/mol. The maximum absolute atomic E-state index is 5.20. The fourth-order valence-electron chi connectivity index (χ4n) is 1.26. The number of ether oxygens (including phenoxy) is 1. The predicted molar refractivity (Wildman–Crippen MR) is 48.0 cm³/mol. The largest absolute Gasteiger partial charge is 0.377 e. The molecule has 0 N–H and O–H groups in total. The third-order valence-corrected chi connectivity index (χ3v) is 1.94. The van der Waals surface area contributed by atoms with Crippen LogP contribution in [-0.4, -0.2) is 28.2 Å². The minimum Gasteiger partial charge on any atom is -0.377 e. The summed E-state index contributed by atoms with van der Waals surface area (Å²) in [5.74, 6) is 1.55. The van der Waals surface area contributed by atoms with E-state index in [4.69, 9.17) is 4.74 Å². The smallest absolute Gasteiger partial charge is 0.158 e. The Labute approximate surface area is 76.7 Å². The van der Waals surface area contributed by atoms with Gasteiger partial charge in [0.25, 0.3) is 0 Å². The second kappa shape index (κ2) is 3.62. The highest BCUT2D eigenvalue weighted by atomic mass is 16.5. The fourth-order valence-corrected chi connectivity index (χ4v) is 1.26. The molecule has 0 unspecified atom stereocenters. The molecule has 4 nitrogen and oxygen atoms in total. The van der Waals surface area contributed by atoms with E-state index in [1.165, 1.54) is 0 Å². The minimum atomic E-state index is 0.667. The maximum atomic E-state index is 5.20. The summed E-state index contributed by atoms with van der Waals surface area (Å²) in [6, 6.07) is 0. The summed E-state index contributed by atoms with van der Waals surface area (Å²) in [5, 5.41) is 0. The summed E-state index contributed by atoms with van der Waals surface area (Å²) >= 11 is 0. The topological polar surface area (TPSA) is 47.9 Å². The molecule has 0 spiro atoms. The predicted octanol–water partition coefficient (Wildman–Crippen LogP) is 0.984. The molecule has 1 aromatic heterocycles. The van der Waals surface area contributed by atoms with Gasteiger partial charge in [0.15, 0.2) is 5.82 Å². The molecule has 0 aliphatic carbocycles. The van der Waals surface area contributed by atoms with Gasteiger partial charge in [-0.1, -0.05) is 6.08 Å². The number of hydrogen-bond acceptors (Lipinski definition) is 4.